The van der Waals surface area contributed by atoms with Gasteiger partial charge in [0.1, 0.15) is 0 Å². The number of hydrogen-bond donors (Lipinski definition) is 1. The first-order valence-corrected chi connectivity index (χ1v) is 4.94. The highest BCUT2D eigenvalue weighted by molar-refractivity contribution is 6.17. The molecule has 0 unspecified atom stereocenters. The third kappa shape index (κ3) is 1.80. The Hall–Kier alpha value is -1.55. The minimum absolute atomic E-state index is 0.153. The number of halogens is 1. The average Bonchev–Trinajstić information content (AvgIpc) is 2.64. The van der Waals surface area contributed by atoms with E-state index in [-0.39, 0.29) is 11.4 Å². The smallest absolute Gasteiger partial charge is 0.255 e. The van der Waals surface area contributed by atoms with Crippen molar-refractivity contribution < 1.29 is 4.42 Å². The minimum atomic E-state index is -0.231. The van der Waals surface area contributed by atoms with Gasteiger partial charge in [0.2, 0.25) is 0 Å². The van der Waals surface area contributed by atoms with Gasteiger partial charge in [0.15, 0.2) is 11.6 Å². The van der Waals surface area contributed by atoms with Gasteiger partial charge in [0.05, 0.1) is 17.7 Å². The van der Waals surface area contributed by atoms with Gasteiger partial charge in [-0.05, 0) is 18.6 Å². The Labute approximate surface area is 90.9 Å². The summed E-state index contributed by atoms with van der Waals surface area (Å²) < 4.78 is 5.21. The lowest BCUT2D eigenvalue weighted by molar-refractivity contribution is 0.575. The second-order valence-electron chi connectivity index (χ2n) is 3.15. The maximum absolute atomic E-state index is 11.5. The van der Waals surface area contributed by atoms with Crippen molar-refractivity contribution in [3.05, 3.63) is 40.0 Å². The summed E-state index contributed by atoms with van der Waals surface area (Å²) in [7, 11) is 0. The van der Waals surface area contributed by atoms with E-state index in [9.17, 15) is 4.79 Å². The highest BCUT2D eigenvalue weighted by atomic mass is 35.5. The molecule has 2 aromatic heterocycles. The number of rotatable bonds is 2. The van der Waals surface area contributed by atoms with E-state index in [0.29, 0.717) is 17.1 Å². The van der Waals surface area contributed by atoms with Crippen LogP contribution in [0.5, 0.6) is 0 Å². The van der Waals surface area contributed by atoms with Crippen LogP contribution in [0.15, 0.2) is 27.7 Å². The highest BCUT2D eigenvalue weighted by Crippen LogP contribution is 2.19. The van der Waals surface area contributed by atoms with Gasteiger partial charge < -0.3 is 9.40 Å². The Morgan fingerprint density at radius 1 is 1.60 bits per heavy atom. The Kier molecular flexibility index (Phi) is 2.60. The maximum atomic E-state index is 11.5. The number of nitrogens with zero attached hydrogens (tertiary/aromatic N) is 1. The molecule has 2 rings (SSSR count). The number of aromatic nitrogens is 2. The molecule has 0 spiro atoms. The monoisotopic (exact) mass is 224 g/mol. The maximum Gasteiger partial charge on any atom is 0.255 e. The van der Waals surface area contributed by atoms with Crippen LogP contribution < -0.4 is 5.56 Å². The molecule has 0 amide bonds. The van der Waals surface area contributed by atoms with Crippen molar-refractivity contribution in [2.75, 3.05) is 0 Å². The first kappa shape index (κ1) is 9.98. The predicted octanol–water partition coefficient (Wildman–Crippen LogP) is 2.08. The molecule has 5 heteroatoms. The van der Waals surface area contributed by atoms with Gasteiger partial charge in [0.25, 0.3) is 5.56 Å². The zero-order valence-electron chi connectivity index (χ0n) is 8.08. The van der Waals surface area contributed by atoms with Crippen molar-refractivity contribution in [2.45, 2.75) is 12.8 Å². The molecule has 0 saturated carbocycles. The van der Waals surface area contributed by atoms with Crippen molar-refractivity contribution >= 4 is 11.6 Å². The molecule has 15 heavy (non-hydrogen) atoms. The van der Waals surface area contributed by atoms with Gasteiger partial charge >= 0.3 is 0 Å². The fraction of sp³-hybridized carbons (Fsp3) is 0.200. The number of alkyl halides is 1. The number of H-pyrrole nitrogens is 1. The summed E-state index contributed by atoms with van der Waals surface area (Å²) in [6.07, 6.45) is 3.02. The summed E-state index contributed by atoms with van der Waals surface area (Å²) in [6, 6.07) is 1.81. The largest absolute Gasteiger partial charge is 0.461 e. The van der Waals surface area contributed by atoms with Crippen LogP contribution in [0.3, 0.4) is 0 Å². The zero-order valence-corrected chi connectivity index (χ0v) is 8.84. The molecular weight excluding hydrogens is 216 g/mol. The van der Waals surface area contributed by atoms with Crippen LogP contribution in [0.25, 0.3) is 11.6 Å². The van der Waals surface area contributed by atoms with E-state index < -0.39 is 0 Å². The Balaban J connectivity index is 2.52. The molecule has 0 saturated heterocycles. The summed E-state index contributed by atoms with van der Waals surface area (Å²) >= 11 is 5.56. The summed E-state index contributed by atoms with van der Waals surface area (Å²) in [5.74, 6) is 1.16. The van der Waals surface area contributed by atoms with E-state index in [1.54, 1.807) is 6.26 Å². The van der Waals surface area contributed by atoms with Crippen molar-refractivity contribution in [3.63, 3.8) is 0 Å². The fourth-order valence-corrected chi connectivity index (χ4v) is 1.44. The van der Waals surface area contributed by atoms with Gasteiger partial charge in [0, 0.05) is 6.20 Å². The summed E-state index contributed by atoms with van der Waals surface area (Å²) in [4.78, 5) is 18.2. The fourth-order valence-electron chi connectivity index (χ4n) is 1.25. The molecule has 0 aliphatic carbocycles. The van der Waals surface area contributed by atoms with Crippen LogP contribution in [-0.2, 0) is 5.88 Å². The lowest BCUT2D eigenvalue weighted by atomic mass is 10.2. The summed E-state index contributed by atoms with van der Waals surface area (Å²) in [5.41, 5.74) is 1.15. The van der Waals surface area contributed by atoms with Gasteiger partial charge in [-0.15, -0.1) is 11.6 Å². The second-order valence-corrected chi connectivity index (χ2v) is 3.42. The molecule has 0 radical (unpaired) electrons. The van der Waals surface area contributed by atoms with E-state index in [4.69, 9.17) is 16.0 Å². The zero-order chi connectivity index (χ0) is 10.8. The molecular formula is C10H9ClN2O2. The molecule has 78 valence electrons. The third-order valence-corrected chi connectivity index (χ3v) is 2.38. The van der Waals surface area contributed by atoms with Gasteiger partial charge in [-0.25, -0.2) is 4.98 Å². The Morgan fingerprint density at radius 3 is 2.93 bits per heavy atom. The van der Waals surface area contributed by atoms with Crippen LogP contribution in [0.1, 0.15) is 11.1 Å². The minimum Gasteiger partial charge on any atom is -0.461 e. The SMILES string of the molecule is Cc1ccoc1-c1ncc(CCl)c(=O)[nH]1. The number of furan rings is 1. The van der Waals surface area contributed by atoms with Crippen molar-refractivity contribution in [1.29, 1.82) is 0 Å². The van der Waals surface area contributed by atoms with Crippen molar-refractivity contribution in [1.82, 2.24) is 9.97 Å². The third-order valence-electron chi connectivity index (χ3n) is 2.09. The lowest BCUT2D eigenvalue weighted by Gasteiger charge is -1.99. The summed E-state index contributed by atoms with van der Waals surface area (Å²) in [5, 5.41) is 0. The molecule has 2 aromatic rings. The number of aromatic amines is 1. The number of nitrogens with one attached hydrogen (secondary N) is 1. The van der Waals surface area contributed by atoms with Crippen molar-refractivity contribution in [3.8, 4) is 11.6 Å². The van der Waals surface area contributed by atoms with E-state index in [2.05, 4.69) is 9.97 Å². The van der Waals surface area contributed by atoms with E-state index in [1.807, 2.05) is 13.0 Å². The molecule has 0 fully saturated rings. The first-order valence-electron chi connectivity index (χ1n) is 4.41. The van der Waals surface area contributed by atoms with Gasteiger partial charge in [-0.2, -0.15) is 0 Å². The van der Waals surface area contributed by atoms with Gasteiger partial charge in [-0.1, -0.05) is 0 Å². The molecule has 1 N–H and O–H groups in total. The molecule has 0 aliphatic rings. The predicted molar refractivity (Wildman–Crippen MR) is 56.9 cm³/mol. The molecule has 0 aliphatic heterocycles. The highest BCUT2D eigenvalue weighted by Gasteiger charge is 2.09. The Bertz CT molecular complexity index is 530. The van der Waals surface area contributed by atoms with Crippen LogP contribution in [-0.4, -0.2) is 9.97 Å². The quantitative estimate of drug-likeness (QED) is 0.795. The second kappa shape index (κ2) is 3.90. The number of hydrogen-bond acceptors (Lipinski definition) is 3. The van der Waals surface area contributed by atoms with E-state index >= 15 is 0 Å². The lowest BCUT2D eigenvalue weighted by Crippen LogP contribution is -2.13. The standard InChI is InChI=1S/C10H9ClN2O2/c1-6-2-3-15-8(6)9-12-5-7(4-11)10(14)13-9/h2-3,5H,4H2,1H3,(H,12,13,14). The van der Waals surface area contributed by atoms with Gasteiger partial charge in [-0.3, -0.25) is 4.79 Å². The summed E-state index contributed by atoms with van der Waals surface area (Å²) in [6.45, 7) is 1.88. The topological polar surface area (TPSA) is 58.9 Å². The molecule has 4 nitrogen and oxygen atoms in total. The van der Waals surface area contributed by atoms with Crippen molar-refractivity contribution in [2.24, 2.45) is 0 Å². The van der Waals surface area contributed by atoms with Crippen LogP contribution in [0.2, 0.25) is 0 Å². The molecule has 0 bridgehead atoms. The van der Waals surface area contributed by atoms with Crippen LogP contribution >= 0.6 is 11.6 Å². The van der Waals surface area contributed by atoms with Crippen LogP contribution in [0.4, 0.5) is 0 Å². The molecule has 0 aromatic carbocycles. The average molecular weight is 225 g/mol. The first-order chi connectivity index (χ1) is 7.22. The molecule has 2 heterocycles. The van der Waals surface area contributed by atoms with E-state index in [1.165, 1.54) is 6.20 Å². The van der Waals surface area contributed by atoms with E-state index in [0.717, 1.165) is 5.56 Å². The Morgan fingerprint density at radius 2 is 2.40 bits per heavy atom. The number of aryl methyl sites for hydroxylation is 1. The van der Waals surface area contributed by atoms with Crippen LogP contribution in [0, 0.1) is 6.92 Å². The normalized spacial score (nSPS) is 10.5. The molecule has 0 atom stereocenters.